The summed E-state index contributed by atoms with van der Waals surface area (Å²) in [4.78, 5) is 10.0. The highest BCUT2D eigenvalue weighted by Gasteiger charge is 2.34. The summed E-state index contributed by atoms with van der Waals surface area (Å²) in [6.07, 6.45) is 2.84. The van der Waals surface area contributed by atoms with Crippen LogP contribution in [0.4, 0.5) is 0 Å². The Morgan fingerprint density at radius 1 is 1.25 bits per heavy atom. The average molecular weight is 287 g/mol. The first-order valence-electron chi connectivity index (χ1n) is 7.62. The second-order valence-electron chi connectivity index (χ2n) is 6.12. The summed E-state index contributed by atoms with van der Waals surface area (Å²) in [5, 5.41) is 1.26. The number of para-hydroxylation sites is 1. The molecule has 106 valence electrons. The van der Waals surface area contributed by atoms with Gasteiger partial charge in [-0.3, -0.25) is 9.80 Å². The minimum Gasteiger partial charge on any atom is -0.298 e. The monoisotopic (exact) mass is 287 g/mol. The molecule has 2 fully saturated rings. The number of nitrogens with zero attached hydrogens (tertiary/aromatic N) is 3. The van der Waals surface area contributed by atoms with Gasteiger partial charge in [-0.1, -0.05) is 12.1 Å². The Morgan fingerprint density at radius 3 is 2.85 bits per heavy atom. The van der Waals surface area contributed by atoms with Crippen LogP contribution in [0, 0.1) is 0 Å². The first-order chi connectivity index (χ1) is 9.79. The third-order valence-corrected chi connectivity index (χ3v) is 5.56. The molecule has 1 aliphatic carbocycles. The highest BCUT2D eigenvalue weighted by Crippen LogP contribution is 2.30. The molecule has 2 aliphatic rings. The van der Waals surface area contributed by atoms with Crippen molar-refractivity contribution in [3.63, 3.8) is 0 Å². The van der Waals surface area contributed by atoms with E-state index in [9.17, 15) is 0 Å². The van der Waals surface area contributed by atoms with Crippen molar-refractivity contribution < 1.29 is 0 Å². The molecule has 0 N–H and O–H groups in total. The van der Waals surface area contributed by atoms with E-state index in [1.165, 1.54) is 42.2 Å². The molecule has 0 spiro atoms. The van der Waals surface area contributed by atoms with Crippen molar-refractivity contribution in [1.29, 1.82) is 0 Å². The maximum atomic E-state index is 4.77. The van der Waals surface area contributed by atoms with Crippen LogP contribution in [0.25, 0.3) is 10.2 Å². The van der Waals surface area contributed by atoms with E-state index in [1.807, 2.05) is 11.3 Å². The molecule has 1 saturated heterocycles. The molecule has 1 aliphatic heterocycles. The zero-order chi connectivity index (χ0) is 13.5. The number of piperazine rings is 1. The van der Waals surface area contributed by atoms with E-state index in [0.717, 1.165) is 18.1 Å². The van der Waals surface area contributed by atoms with Gasteiger partial charge in [0, 0.05) is 31.7 Å². The molecule has 4 heteroatoms. The lowest BCUT2D eigenvalue weighted by molar-refractivity contribution is 0.0729. The Morgan fingerprint density at radius 2 is 2.10 bits per heavy atom. The minimum absolute atomic E-state index is 0.649. The van der Waals surface area contributed by atoms with Crippen molar-refractivity contribution in [2.24, 2.45) is 0 Å². The standard InChI is InChI=1S/C16H21N3S/c1-12-10-19(13-6-7-13)9-8-18(12)11-16-17-14-4-2-3-5-15(14)20-16/h2-5,12-13H,6-11H2,1H3. The Balaban J connectivity index is 1.45. The van der Waals surface area contributed by atoms with Gasteiger partial charge in [-0.15, -0.1) is 11.3 Å². The van der Waals surface area contributed by atoms with Crippen molar-refractivity contribution >= 4 is 21.6 Å². The minimum atomic E-state index is 0.649. The number of hydrogen-bond acceptors (Lipinski definition) is 4. The lowest BCUT2D eigenvalue weighted by atomic mass is 10.2. The van der Waals surface area contributed by atoms with Crippen LogP contribution in [-0.2, 0) is 6.54 Å². The van der Waals surface area contributed by atoms with Gasteiger partial charge in [0.25, 0.3) is 0 Å². The van der Waals surface area contributed by atoms with Gasteiger partial charge in [-0.2, -0.15) is 0 Å². The molecular weight excluding hydrogens is 266 g/mol. The van der Waals surface area contributed by atoms with Crippen LogP contribution in [0.1, 0.15) is 24.8 Å². The van der Waals surface area contributed by atoms with Gasteiger partial charge in [-0.25, -0.2) is 4.98 Å². The van der Waals surface area contributed by atoms with E-state index in [0.29, 0.717) is 6.04 Å². The molecular formula is C16H21N3S. The predicted octanol–water partition coefficient (Wildman–Crippen LogP) is 2.96. The molecule has 0 radical (unpaired) electrons. The summed E-state index contributed by atoms with van der Waals surface area (Å²) in [6, 6.07) is 10.0. The third-order valence-electron chi connectivity index (χ3n) is 4.54. The highest BCUT2D eigenvalue weighted by atomic mass is 32.1. The molecule has 0 bridgehead atoms. The SMILES string of the molecule is CC1CN(C2CC2)CCN1Cc1nc2ccccc2s1. The molecule has 1 unspecified atom stereocenters. The highest BCUT2D eigenvalue weighted by molar-refractivity contribution is 7.18. The zero-order valence-corrected chi connectivity index (χ0v) is 12.8. The molecule has 2 aromatic rings. The van der Waals surface area contributed by atoms with Crippen LogP contribution in [0.3, 0.4) is 0 Å². The van der Waals surface area contributed by atoms with Crippen LogP contribution in [-0.4, -0.2) is 46.5 Å². The van der Waals surface area contributed by atoms with E-state index in [2.05, 4.69) is 41.0 Å². The molecule has 0 amide bonds. The third kappa shape index (κ3) is 2.48. The molecule has 20 heavy (non-hydrogen) atoms. The first-order valence-corrected chi connectivity index (χ1v) is 8.44. The van der Waals surface area contributed by atoms with Crippen molar-refractivity contribution in [2.45, 2.75) is 38.4 Å². The summed E-state index contributed by atoms with van der Waals surface area (Å²) in [6.45, 7) is 7.03. The van der Waals surface area contributed by atoms with E-state index in [1.54, 1.807) is 0 Å². The van der Waals surface area contributed by atoms with Gasteiger partial charge in [0.05, 0.1) is 16.8 Å². The van der Waals surface area contributed by atoms with E-state index in [-0.39, 0.29) is 0 Å². The molecule has 3 nitrogen and oxygen atoms in total. The normalized spacial score (nSPS) is 25.4. The summed E-state index contributed by atoms with van der Waals surface area (Å²) in [7, 11) is 0. The molecule has 1 atom stereocenters. The van der Waals surface area contributed by atoms with Gasteiger partial charge in [0.15, 0.2) is 0 Å². The summed E-state index contributed by atoms with van der Waals surface area (Å²) >= 11 is 1.85. The maximum Gasteiger partial charge on any atom is 0.108 e. The van der Waals surface area contributed by atoms with Crippen molar-refractivity contribution in [3.8, 4) is 0 Å². The molecule has 1 aromatic carbocycles. The number of thiazole rings is 1. The van der Waals surface area contributed by atoms with Gasteiger partial charge >= 0.3 is 0 Å². The quantitative estimate of drug-likeness (QED) is 0.865. The molecule has 2 heterocycles. The maximum absolute atomic E-state index is 4.77. The Bertz CT molecular complexity index is 572. The molecule has 1 aromatic heterocycles. The van der Waals surface area contributed by atoms with E-state index < -0.39 is 0 Å². The Kier molecular flexibility index (Phi) is 3.25. The largest absolute Gasteiger partial charge is 0.298 e. The fourth-order valence-electron chi connectivity index (χ4n) is 3.19. The summed E-state index contributed by atoms with van der Waals surface area (Å²) in [5.41, 5.74) is 1.15. The van der Waals surface area contributed by atoms with Crippen LogP contribution < -0.4 is 0 Å². The van der Waals surface area contributed by atoms with Crippen LogP contribution >= 0.6 is 11.3 Å². The van der Waals surface area contributed by atoms with Crippen molar-refractivity contribution in [1.82, 2.24) is 14.8 Å². The van der Waals surface area contributed by atoms with Crippen molar-refractivity contribution in [2.75, 3.05) is 19.6 Å². The van der Waals surface area contributed by atoms with Gasteiger partial charge in [0.1, 0.15) is 5.01 Å². The average Bonchev–Trinajstić information content (AvgIpc) is 3.21. The fourth-order valence-corrected chi connectivity index (χ4v) is 4.18. The zero-order valence-electron chi connectivity index (χ0n) is 12.0. The second-order valence-corrected chi connectivity index (χ2v) is 7.24. The molecule has 1 saturated carbocycles. The lowest BCUT2D eigenvalue weighted by Gasteiger charge is -2.39. The lowest BCUT2D eigenvalue weighted by Crippen LogP contribution is -2.51. The van der Waals surface area contributed by atoms with Gasteiger partial charge in [0.2, 0.25) is 0 Å². The fraction of sp³-hybridized carbons (Fsp3) is 0.562. The van der Waals surface area contributed by atoms with Crippen LogP contribution in [0.15, 0.2) is 24.3 Å². The smallest absolute Gasteiger partial charge is 0.108 e. The molecule has 4 rings (SSSR count). The Hall–Kier alpha value is -0.970. The predicted molar refractivity (Wildman–Crippen MR) is 84.1 cm³/mol. The number of fused-ring (bicyclic) bond motifs is 1. The van der Waals surface area contributed by atoms with Crippen LogP contribution in [0.5, 0.6) is 0 Å². The van der Waals surface area contributed by atoms with Crippen molar-refractivity contribution in [3.05, 3.63) is 29.3 Å². The second kappa shape index (κ2) is 5.10. The summed E-state index contributed by atoms with van der Waals surface area (Å²) < 4.78 is 1.31. The topological polar surface area (TPSA) is 19.4 Å². The summed E-state index contributed by atoms with van der Waals surface area (Å²) in [5.74, 6) is 0. The first kappa shape index (κ1) is 12.7. The number of hydrogen-bond donors (Lipinski definition) is 0. The number of benzene rings is 1. The van der Waals surface area contributed by atoms with E-state index in [4.69, 9.17) is 4.98 Å². The van der Waals surface area contributed by atoms with Gasteiger partial charge < -0.3 is 0 Å². The Labute approximate surface area is 124 Å². The van der Waals surface area contributed by atoms with E-state index >= 15 is 0 Å². The van der Waals surface area contributed by atoms with Crippen LogP contribution in [0.2, 0.25) is 0 Å². The van der Waals surface area contributed by atoms with Gasteiger partial charge in [-0.05, 0) is 31.9 Å². The number of aromatic nitrogens is 1. The number of rotatable bonds is 3.